The molecular weight excluding hydrogens is 320 g/mol. The second-order valence-corrected chi connectivity index (χ2v) is 7.60. The second-order valence-electron chi connectivity index (χ2n) is 5.38. The van der Waals surface area contributed by atoms with Crippen molar-refractivity contribution in [1.82, 2.24) is 10.2 Å². The maximum atomic E-state index is 11.8. The predicted molar refractivity (Wildman–Crippen MR) is 84.2 cm³/mol. The van der Waals surface area contributed by atoms with Crippen molar-refractivity contribution in [2.45, 2.75) is 12.5 Å². The molecule has 1 amide bonds. The molecule has 0 radical (unpaired) electrons. The van der Waals surface area contributed by atoms with E-state index in [1.54, 1.807) is 36.2 Å². The van der Waals surface area contributed by atoms with Crippen LogP contribution in [0, 0.1) is 0 Å². The number of anilines is 2. The molecule has 1 saturated heterocycles. The SMILES string of the molecule is CN(c1ccc(NC(=O)c2ccco2)nn1)C1CCS(=O)(=O)C1. The summed E-state index contributed by atoms with van der Waals surface area (Å²) in [6.45, 7) is 0. The molecule has 8 nitrogen and oxygen atoms in total. The number of carbonyl (C=O) groups excluding carboxylic acids is 1. The Morgan fingerprint density at radius 1 is 1.35 bits per heavy atom. The minimum Gasteiger partial charge on any atom is -0.459 e. The van der Waals surface area contributed by atoms with E-state index in [-0.39, 0.29) is 23.3 Å². The van der Waals surface area contributed by atoms with E-state index in [4.69, 9.17) is 4.42 Å². The molecule has 1 unspecified atom stereocenters. The standard InChI is InChI=1S/C14H16N4O4S/c1-18(10-6-8-23(20,21)9-10)13-5-4-12(16-17-13)15-14(19)11-3-2-7-22-11/h2-5,7,10H,6,8-9H2,1H3,(H,15,16,19). The number of nitrogens with zero attached hydrogens (tertiary/aromatic N) is 3. The van der Waals surface area contributed by atoms with Crippen LogP contribution in [0.5, 0.6) is 0 Å². The highest BCUT2D eigenvalue weighted by atomic mass is 32.2. The van der Waals surface area contributed by atoms with Gasteiger partial charge in [-0.1, -0.05) is 0 Å². The number of rotatable bonds is 4. The van der Waals surface area contributed by atoms with Crippen molar-refractivity contribution in [2.24, 2.45) is 0 Å². The molecule has 122 valence electrons. The highest BCUT2D eigenvalue weighted by Gasteiger charge is 2.31. The monoisotopic (exact) mass is 336 g/mol. The highest BCUT2D eigenvalue weighted by Crippen LogP contribution is 2.21. The van der Waals surface area contributed by atoms with E-state index in [0.29, 0.717) is 18.1 Å². The Hall–Kier alpha value is -2.42. The van der Waals surface area contributed by atoms with Gasteiger partial charge >= 0.3 is 0 Å². The van der Waals surface area contributed by atoms with Crippen LogP contribution in [0.25, 0.3) is 0 Å². The van der Waals surface area contributed by atoms with Gasteiger partial charge in [-0.3, -0.25) is 4.79 Å². The highest BCUT2D eigenvalue weighted by molar-refractivity contribution is 7.91. The van der Waals surface area contributed by atoms with Crippen LogP contribution >= 0.6 is 0 Å². The van der Waals surface area contributed by atoms with Crippen molar-refractivity contribution in [3.05, 3.63) is 36.3 Å². The van der Waals surface area contributed by atoms with Crippen LogP contribution in [0.1, 0.15) is 17.0 Å². The summed E-state index contributed by atoms with van der Waals surface area (Å²) >= 11 is 0. The summed E-state index contributed by atoms with van der Waals surface area (Å²) in [6.07, 6.45) is 1.99. The number of hydrogen-bond acceptors (Lipinski definition) is 7. The van der Waals surface area contributed by atoms with Gasteiger partial charge in [0.1, 0.15) is 0 Å². The zero-order valence-electron chi connectivity index (χ0n) is 12.5. The van der Waals surface area contributed by atoms with E-state index in [1.165, 1.54) is 6.26 Å². The second kappa shape index (κ2) is 5.99. The summed E-state index contributed by atoms with van der Waals surface area (Å²) in [5, 5.41) is 10.6. The first-order valence-corrected chi connectivity index (χ1v) is 8.88. The van der Waals surface area contributed by atoms with Crippen LogP contribution in [0.15, 0.2) is 34.9 Å². The van der Waals surface area contributed by atoms with Gasteiger partial charge in [-0.15, -0.1) is 10.2 Å². The van der Waals surface area contributed by atoms with Crippen molar-refractivity contribution < 1.29 is 17.6 Å². The Labute approximate surface area is 133 Å². The molecule has 9 heteroatoms. The number of carbonyl (C=O) groups is 1. The Kier molecular flexibility index (Phi) is 4.03. The number of nitrogens with one attached hydrogen (secondary N) is 1. The smallest absolute Gasteiger partial charge is 0.292 e. The zero-order valence-corrected chi connectivity index (χ0v) is 13.3. The quantitative estimate of drug-likeness (QED) is 0.886. The van der Waals surface area contributed by atoms with Gasteiger partial charge in [0.25, 0.3) is 5.91 Å². The van der Waals surface area contributed by atoms with Crippen molar-refractivity contribution in [1.29, 1.82) is 0 Å². The molecule has 23 heavy (non-hydrogen) atoms. The summed E-state index contributed by atoms with van der Waals surface area (Å²) in [6, 6.07) is 6.37. The Bertz CT molecular complexity index is 787. The molecular formula is C14H16N4O4S. The van der Waals surface area contributed by atoms with Crippen molar-refractivity contribution in [3.63, 3.8) is 0 Å². The Balaban J connectivity index is 1.66. The van der Waals surface area contributed by atoms with Crippen LogP contribution in [-0.2, 0) is 9.84 Å². The van der Waals surface area contributed by atoms with Crippen molar-refractivity contribution in [3.8, 4) is 0 Å². The average Bonchev–Trinajstić information content (AvgIpc) is 3.17. The van der Waals surface area contributed by atoms with E-state index < -0.39 is 15.7 Å². The minimum absolute atomic E-state index is 0.0992. The topological polar surface area (TPSA) is 105 Å². The first-order chi connectivity index (χ1) is 10.9. The van der Waals surface area contributed by atoms with Crippen LogP contribution in [0.3, 0.4) is 0 Å². The normalized spacial score (nSPS) is 19.4. The molecule has 1 aliphatic rings. The molecule has 2 aromatic heterocycles. The number of furan rings is 1. The molecule has 0 bridgehead atoms. The summed E-state index contributed by atoms with van der Waals surface area (Å²) in [4.78, 5) is 13.6. The summed E-state index contributed by atoms with van der Waals surface area (Å²) in [5.41, 5.74) is 0. The van der Waals surface area contributed by atoms with Gasteiger partial charge in [-0.05, 0) is 30.7 Å². The van der Waals surface area contributed by atoms with Crippen molar-refractivity contribution >= 4 is 27.4 Å². The van der Waals surface area contributed by atoms with Gasteiger partial charge in [-0.25, -0.2) is 8.42 Å². The van der Waals surface area contributed by atoms with E-state index in [9.17, 15) is 13.2 Å². The third-order valence-corrected chi connectivity index (χ3v) is 5.50. The zero-order chi connectivity index (χ0) is 16.4. The van der Waals surface area contributed by atoms with Crippen molar-refractivity contribution in [2.75, 3.05) is 28.8 Å². The minimum atomic E-state index is -2.95. The van der Waals surface area contributed by atoms with Gasteiger partial charge in [0.05, 0.1) is 17.8 Å². The fraction of sp³-hybridized carbons (Fsp3) is 0.357. The fourth-order valence-electron chi connectivity index (χ4n) is 2.43. The first-order valence-electron chi connectivity index (χ1n) is 7.06. The van der Waals surface area contributed by atoms with E-state index in [0.717, 1.165) is 0 Å². The average molecular weight is 336 g/mol. The van der Waals surface area contributed by atoms with Gasteiger partial charge < -0.3 is 14.6 Å². The maximum absolute atomic E-state index is 11.8. The lowest BCUT2D eigenvalue weighted by Crippen LogP contribution is -2.33. The van der Waals surface area contributed by atoms with E-state index in [2.05, 4.69) is 15.5 Å². The molecule has 1 aliphatic heterocycles. The van der Waals surface area contributed by atoms with E-state index in [1.807, 2.05) is 0 Å². The van der Waals surface area contributed by atoms with Gasteiger partial charge in [-0.2, -0.15) is 0 Å². The lowest BCUT2D eigenvalue weighted by Gasteiger charge is -2.23. The molecule has 3 rings (SSSR count). The van der Waals surface area contributed by atoms with Crippen LogP contribution in [0.2, 0.25) is 0 Å². The van der Waals surface area contributed by atoms with E-state index >= 15 is 0 Å². The number of aromatic nitrogens is 2. The summed E-state index contributed by atoms with van der Waals surface area (Å²) < 4.78 is 28.1. The molecule has 1 fully saturated rings. The Morgan fingerprint density at radius 3 is 2.74 bits per heavy atom. The van der Waals surface area contributed by atoms with Crippen LogP contribution in [-0.4, -0.2) is 49.1 Å². The molecule has 1 atom stereocenters. The molecule has 3 heterocycles. The molecule has 1 N–H and O–H groups in total. The molecule has 2 aromatic rings. The van der Waals surface area contributed by atoms with Gasteiger partial charge in [0, 0.05) is 13.1 Å². The fourth-order valence-corrected chi connectivity index (χ4v) is 4.21. The number of amides is 1. The number of sulfone groups is 1. The number of hydrogen-bond donors (Lipinski definition) is 1. The predicted octanol–water partition coefficient (Wildman–Crippen LogP) is 0.945. The van der Waals surface area contributed by atoms with Gasteiger partial charge in [0.15, 0.2) is 27.2 Å². The largest absolute Gasteiger partial charge is 0.459 e. The molecule has 0 saturated carbocycles. The lowest BCUT2D eigenvalue weighted by molar-refractivity contribution is 0.0996. The molecule has 0 aromatic carbocycles. The van der Waals surface area contributed by atoms with Crippen LogP contribution < -0.4 is 10.2 Å². The third kappa shape index (κ3) is 3.50. The molecule has 0 spiro atoms. The maximum Gasteiger partial charge on any atom is 0.292 e. The summed E-state index contributed by atoms with van der Waals surface area (Å²) in [5.74, 6) is 0.955. The third-order valence-electron chi connectivity index (χ3n) is 3.75. The Morgan fingerprint density at radius 2 is 2.17 bits per heavy atom. The van der Waals surface area contributed by atoms with Gasteiger partial charge in [0.2, 0.25) is 0 Å². The lowest BCUT2D eigenvalue weighted by atomic mass is 10.2. The first kappa shape index (κ1) is 15.5. The van der Waals surface area contributed by atoms with Crippen LogP contribution in [0.4, 0.5) is 11.6 Å². The molecule has 0 aliphatic carbocycles. The summed E-state index contributed by atoms with van der Waals surface area (Å²) in [7, 11) is -1.17.